The molecule has 0 aliphatic heterocycles. The van der Waals surface area contributed by atoms with E-state index in [0.29, 0.717) is 11.7 Å². The molecule has 0 bridgehead atoms. The first-order valence-electron chi connectivity index (χ1n) is 4.77. The van der Waals surface area contributed by atoms with Crippen LogP contribution in [-0.2, 0) is 0 Å². The van der Waals surface area contributed by atoms with Gasteiger partial charge in [-0.05, 0) is 18.8 Å². The summed E-state index contributed by atoms with van der Waals surface area (Å²) >= 11 is 0. The summed E-state index contributed by atoms with van der Waals surface area (Å²) in [4.78, 5) is 13.1. The predicted octanol–water partition coefficient (Wildman–Crippen LogP) is 1.74. The molecule has 0 unspecified atom stereocenters. The van der Waals surface area contributed by atoms with E-state index in [1.807, 2.05) is 6.92 Å². The van der Waals surface area contributed by atoms with Crippen molar-refractivity contribution in [2.45, 2.75) is 25.7 Å². The van der Waals surface area contributed by atoms with Gasteiger partial charge in [0.2, 0.25) is 5.88 Å². The highest BCUT2D eigenvalue weighted by Gasteiger charge is 2.26. The molecule has 0 aromatic carbocycles. The highest BCUT2D eigenvalue weighted by molar-refractivity contribution is 5.21. The number of allylic oxidation sites excluding steroid dienone is 2. The van der Waals surface area contributed by atoms with Crippen molar-refractivity contribution in [2.24, 2.45) is 5.92 Å². The first-order chi connectivity index (χ1) is 6.68. The normalized spacial score (nSPS) is 26.6. The molecule has 1 aliphatic carbocycles. The van der Waals surface area contributed by atoms with E-state index in [0.717, 1.165) is 12.8 Å². The summed E-state index contributed by atoms with van der Waals surface area (Å²) in [5, 5.41) is 9.43. The van der Waals surface area contributed by atoms with Gasteiger partial charge < -0.3 is 9.52 Å². The number of aromatic nitrogens is 1. The fourth-order valence-corrected chi connectivity index (χ4v) is 1.94. The number of nitrogens with one attached hydrogen (secondary N) is 1. The Kier molecular flexibility index (Phi) is 2.19. The minimum absolute atomic E-state index is 0.110. The topological polar surface area (TPSA) is 66.2 Å². The third kappa shape index (κ3) is 1.47. The van der Waals surface area contributed by atoms with Crippen LogP contribution in [0.3, 0.4) is 0 Å². The molecule has 2 N–H and O–H groups in total. The zero-order chi connectivity index (χ0) is 10.1. The lowest BCUT2D eigenvalue weighted by Crippen LogP contribution is -2.10. The van der Waals surface area contributed by atoms with Gasteiger partial charge in [0.25, 0.3) is 0 Å². The zero-order valence-electron chi connectivity index (χ0n) is 7.99. The Morgan fingerprint density at radius 2 is 2.43 bits per heavy atom. The van der Waals surface area contributed by atoms with Crippen LogP contribution in [0.5, 0.6) is 5.88 Å². The van der Waals surface area contributed by atoms with Crippen molar-refractivity contribution in [3.63, 3.8) is 0 Å². The molecule has 0 amide bonds. The lowest BCUT2D eigenvalue weighted by molar-refractivity contribution is 0.351. The Morgan fingerprint density at radius 3 is 3.00 bits per heavy atom. The van der Waals surface area contributed by atoms with Gasteiger partial charge in [0, 0.05) is 5.92 Å². The molecule has 4 heteroatoms. The van der Waals surface area contributed by atoms with E-state index in [4.69, 9.17) is 4.42 Å². The molecule has 0 spiro atoms. The fourth-order valence-electron chi connectivity index (χ4n) is 1.94. The Balaban J connectivity index is 2.34. The van der Waals surface area contributed by atoms with Gasteiger partial charge in [-0.3, -0.25) is 4.98 Å². The average Bonchev–Trinajstić information content (AvgIpc) is 2.46. The monoisotopic (exact) mass is 195 g/mol. The smallest absolute Gasteiger partial charge is 0.419 e. The van der Waals surface area contributed by atoms with Gasteiger partial charge in [0.15, 0.2) is 5.76 Å². The molecule has 0 radical (unpaired) electrons. The lowest BCUT2D eigenvalue weighted by Gasteiger charge is -2.21. The van der Waals surface area contributed by atoms with Gasteiger partial charge in [-0.1, -0.05) is 19.1 Å². The average molecular weight is 195 g/mol. The van der Waals surface area contributed by atoms with Gasteiger partial charge in [-0.15, -0.1) is 0 Å². The minimum atomic E-state index is -0.584. The SMILES string of the molecule is C[C@H]1C=CCC[C@H]1c1oc(=O)[nH]c1O. The number of hydrogen-bond donors (Lipinski definition) is 2. The molecule has 14 heavy (non-hydrogen) atoms. The Morgan fingerprint density at radius 1 is 1.64 bits per heavy atom. The first-order valence-corrected chi connectivity index (χ1v) is 4.77. The third-order valence-electron chi connectivity index (χ3n) is 2.71. The Bertz CT molecular complexity index is 402. The Hall–Kier alpha value is -1.45. The summed E-state index contributed by atoms with van der Waals surface area (Å²) in [6.45, 7) is 2.05. The molecule has 2 rings (SSSR count). The quantitative estimate of drug-likeness (QED) is 0.671. The van der Waals surface area contributed by atoms with Gasteiger partial charge in [-0.2, -0.15) is 0 Å². The molecule has 1 aromatic rings. The first kappa shape index (κ1) is 9.12. The summed E-state index contributed by atoms with van der Waals surface area (Å²) < 4.78 is 4.93. The van der Waals surface area contributed by atoms with Crippen LogP contribution in [0.1, 0.15) is 31.4 Å². The van der Waals surface area contributed by atoms with Gasteiger partial charge in [-0.25, -0.2) is 4.79 Å². The highest BCUT2D eigenvalue weighted by atomic mass is 16.4. The second kappa shape index (κ2) is 3.36. The van der Waals surface area contributed by atoms with Crippen LogP contribution in [0, 0.1) is 5.92 Å². The van der Waals surface area contributed by atoms with Crippen LogP contribution in [0.2, 0.25) is 0 Å². The summed E-state index contributed by atoms with van der Waals surface area (Å²) in [6.07, 6.45) is 6.07. The number of aromatic amines is 1. The van der Waals surface area contributed by atoms with E-state index in [9.17, 15) is 9.90 Å². The maximum absolute atomic E-state index is 10.9. The van der Waals surface area contributed by atoms with E-state index in [1.165, 1.54) is 0 Å². The van der Waals surface area contributed by atoms with Crippen LogP contribution >= 0.6 is 0 Å². The van der Waals surface area contributed by atoms with Crippen molar-refractivity contribution in [1.82, 2.24) is 4.98 Å². The van der Waals surface area contributed by atoms with E-state index < -0.39 is 5.76 Å². The molecule has 76 valence electrons. The van der Waals surface area contributed by atoms with Crippen molar-refractivity contribution in [3.05, 3.63) is 28.5 Å². The van der Waals surface area contributed by atoms with Gasteiger partial charge >= 0.3 is 5.76 Å². The lowest BCUT2D eigenvalue weighted by atomic mass is 9.84. The summed E-state index contributed by atoms with van der Waals surface area (Å²) in [5.74, 6) is 0.0980. The zero-order valence-corrected chi connectivity index (χ0v) is 7.99. The van der Waals surface area contributed by atoms with E-state index in [-0.39, 0.29) is 11.8 Å². The molecule has 2 atom stereocenters. The number of rotatable bonds is 1. The number of H-pyrrole nitrogens is 1. The molecular formula is C10H13NO3. The minimum Gasteiger partial charge on any atom is -0.492 e. The van der Waals surface area contributed by atoms with Crippen molar-refractivity contribution in [3.8, 4) is 5.88 Å². The summed E-state index contributed by atoms with van der Waals surface area (Å²) in [5.41, 5.74) is 0. The largest absolute Gasteiger partial charge is 0.492 e. The molecule has 1 aliphatic rings. The van der Waals surface area contributed by atoms with Crippen LogP contribution in [0.25, 0.3) is 0 Å². The van der Waals surface area contributed by atoms with Crippen molar-refractivity contribution in [2.75, 3.05) is 0 Å². The van der Waals surface area contributed by atoms with E-state index >= 15 is 0 Å². The maximum Gasteiger partial charge on any atom is 0.419 e. The molecule has 1 heterocycles. The van der Waals surface area contributed by atoms with E-state index in [2.05, 4.69) is 17.1 Å². The molecule has 0 fully saturated rings. The standard InChI is InChI=1S/C10H13NO3/c1-6-4-2-3-5-7(6)8-9(12)11-10(13)14-8/h2,4,6-7,12H,3,5H2,1H3,(H,11,13)/t6-,7+/m0/s1. The van der Waals surface area contributed by atoms with Gasteiger partial charge in [0.1, 0.15) is 0 Å². The van der Waals surface area contributed by atoms with Crippen LogP contribution < -0.4 is 5.76 Å². The second-order valence-electron chi connectivity index (χ2n) is 3.70. The Labute approximate surface area is 81.3 Å². The fraction of sp³-hybridized carbons (Fsp3) is 0.500. The van der Waals surface area contributed by atoms with Crippen LogP contribution in [0.15, 0.2) is 21.4 Å². The molecule has 4 nitrogen and oxygen atoms in total. The van der Waals surface area contributed by atoms with Crippen LogP contribution in [0.4, 0.5) is 0 Å². The van der Waals surface area contributed by atoms with Crippen molar-refractivity contribution < 1.29 is 9.52 Å². The van der Waals surface area contributed by atoms with Crippen LogP contribution in [-0.4, -0.2) is 10.1 Å². The van der Waals surface area contributed by atoms with Gasteiger partial charge in [0.05, 0.1) is 0 Å². The third-order valence-corrected chi connectivity index (χ3v) is 2.71. The molecule has 0 saturated heterocycles. The summed E-state index contributed by atoms with van der Waals surface area (Å²) in [6, 6.07) is 0. The maximum atomic E-state index is 10.9. The second-order valence-corrected chi connectivity index (χ2v) is 3.70. The molecular weight excluding hydrogens is 182 g/mol. The number of oxazole rings is 1. The predicted molar refractivity (Wildman–Crippen MR) is 51.3 cm³/mol. The highest BCUT2D eigenvalue weighted by Crippen LogP contribution is 2.36. The number of aromatic hydroxyl groups is 1. The molecule has 1 aromatic heterocycles. The van der Waals surface area contributed by atoms with Crippen molar-refractivity contribution >= 4 is 0 Å². The number of hydrogen-bond acceptors (Lipinski definition) is 3. The van der Waals surface area contributed by atoms with E-state index in [1.54, 1.807) is 0 Å². The van der Waals surface area contributed by atoms with Crippen molar-refractivity contribution in [1.29, 1.82) is 0 Å². The summed E-state index contributed by atoms with van der Waals surface area (Å²) in [7, 11) is 0. The molecule has 0 saturated carbocycles.